The zero-order valence-corrected chi connectivity index (χ0v) is 20.1. The van der Waals surface area contributed by atoms with Crippen molar-refractivity contribution in [2.45, 2.75) is 32.2 Å². The average Bonchev–Trinajstić information content (AvgIpc) is 2.88. The number of amides is 1. The maximum atomic E-state index is 11.9. The third-order valence-electron chi connectivity index (χ3n) is 4.91. The highest BCUT2D eigenvalue weighted by Crippen LogP contribution is 2.19. The van der Waals surface area contributed by atoms with E-state index in [9.17, 15) is 18.4 Å². The van der Waals surface area contributed by atoms with Gasteiger partial charge in [0.25, 0.3) is 0 Å². The highest BCUT2D eigenvalue weighted by atomic mass is 19.1. The first kappa shape index (κ1) is 28.4. The Kier molecular flexibility index (Phi) is 13.2. The van der Waals surface area contributed by atoms with Gasteiger partial charge in [0, 0.05) is 32.6 Å². The summed E-state index contributed by atoms with van der Waals surface area (Å²) in [5.74, 6) is -0.443. The third-order valence-corrected chi connectivity index (χ3v) is 4.91. The molecule has 9 heteroatoms. The molecular formula is C27H32F2N4O3. The fourth-order valence-electron chi connectivity index (χ4n) is 3.11. The number of carboxylic acids is 1. The summed E-state index contributed by atoms with van der Waals surface area (Å²) in [6.45, 7) is 2.28. The number of nitrogens with zero attached hydrogens (tertiary/aromatic N) is 1. The lowest BCUT2D eigenvalue weighted by Gasteiger charge is -2.17. The fraction of sp³-hybridized carbons (Fsp3) is 0.296. The van der Waals surface area contributed by atoms with Crippen LogP contribution < -0.4 is 16.0 Å². The Hall–Kier alpha value is -3.85. The molecule has 0 unspecified atom stereocenters. The lowest BCUT2D eigenvalue weighted by Crippen LogP contribution is -2.29. The molecule has 0 bridgehead atoms. The van der Waals surface area contributed by atoms with Crippen LogP contribution in [0.5, 0.6) is 0 Å². The van der Waals surface area contributed by atoms with Crippen molar-refractivity contribution in [1.29, 1.82) is 0 Å². The molecule has 4 N–H and O–H groups in total. The minimum atomic E-state index is -0.912. The summed E-state index contributed by atoms with van der Waals surface area (Å²) >= 11 is 0. The number of anilines is 1. The Morgan fingerprint density at radius 2 is 1.53 bits per heavy atom. The quantitative estimate of drug-likeness (QED) is 0.348. The summed E-state index contributed by atoms with van der Waals surface area (Å²) in [4.78, 5) is 26.3. The first-order valence-electron chi connectivity index (χ1n) is 11.8. The van der Waals surface area contributed by atoms with Gasteiger partial charge in [0.1, 0.15) is 17.5 Å². The second-order valence-corrected chi connectivity index (χ2v) is 7.85. The number of carbonyl (C=O) groups excluding carboxylic acids is 1. The number of rotatable bonds is 8. The lowest BCUT2D eigenvalue weighted by atomic mass is 10.1. The largest absolute Gasteiger partial charge is 0.481 e. The molecule has 2 aromatic carbocycles. The van der Waals surface area contributed by atoms with E-state index in [0.717, 1.165) is 30.9 Å². The average molecular weight is 499 g/mol. The monoisotopic (exact) mass is 498 g/mol. The van der Waals surface area contributed by atoms with Gasteiger partial charge in [-0.3, -0.25) is 9.59 Å². The van der Waals surface area contributed by atoms with Crippen molar-refractivity contribution in [3.8, 4) is 0 Å². The molecule has 1 aliphatic rings. The molecule has 0 fully saturated rings. The maximum absolute atomic E-state index is 11.9. The van der Waals surface area contributed by atoms with Crippen LogP contribution in [0.25, 0.3) is 0 Å². The molecule has 0 radical (unpaired) electrons. The summed E-state index contributed by atoms with van der Waals surface area (Å²) in [5, 5.41) is 17.5. The van der Waals surface area contributed by atoms with Gasteiger partial charge in [0.05, 0.1) is 12.1 Å². The van der Waals surface area contributed by atoms with Gasteiger partial charge in [-0.05, 0) is 48.7 Å². The van der Waals surface area contributed by atoms with Gasteiger partial charge in [0.15, 0.2) is 0 Å². The highest BCUT2D eigenvalue weighted by Gasteiger charge is 2.10. The highest BCUT2D eigenvalue weighted by molar-refractivity contribution is 5.76. The lowest BCUT2D eigenvalue weighted by molar-refractivity contribution is -0.136. The molecule has 2 heterocycles. The Morgan fingerprint density at radius 1 is 0.889 bits per heavy atom. The van der Waals surface area contributed by atoms with Crippen LogP contribution >= 0.6 is 0 Å². The minimum absolute atomic E-state index is 0.0504. The van der Waals surface area contributed by atoms with Crippen molar-refractivity contribution in [2.24, 2.45) is 0 Å². The summed E-state index contributed by atoms with van der Waals surface area (Å²) in [6, 6.07) is 20.0. The van der Waals surface area contributed by atoms with Crippen molar-refractivity contribution in [3.63, 3.8) is 0 Å². The van der Waals surface area contributed by atoms with E-state index in [4.69, 9.17) is 5.11 Å². The SMILES string of the molecule is Fc1ccccc1.Fc1ccccc1.O=C(O)CCNC(=O)CCNCc1ccc2c(n1)NCCC2. The second-order valence-electron chi connectivity index (χ2n) is 7.85. The van der Waals surface area contributed by atoms with Crippen LogP contribution in [0.3, 0.4) is 0 Å². The Morgan fingerprint density at radius 3 is 2.08 bits per heavy atom. The molecule has 3 aromatic rings. The third kappa shape index (κ3) is 12.6. The number of pyridine rings is 1. The Balaban J connectivity index is 0.000000262. The zero-order chi connectivity index (χ0) is 26.0. The number of carboxylic acid groups (broad SMARTS) is 1. The number of benzene rings is 2. The molecule has 192 valence electrons. The number of aryl methyl sites for hydroxylation is 1. The minimum Gasteiger partial charge on any atom is -0.481 e. The molecule has 7 nitrogen and oxygen atoms in total. The van der Waals surface area contributed by atoms with Crippen LogP contribution in [-0.2, 0) is 22.6 Å². The number of hydrogen-bond acceptors (Lipinski definition) is 5. The van der Waals surface area contributed by atoms with E-state index in [1.165, 1.54) is 29.8 Å². The first-order chi connectivity index (χ1) is 17.4. The summed E-state index contributed by atoms with van der Waals surface area (Å²) < 4.78 is 23.8. The van der Waals surface area contributed by atoms with E-state index in [2.05, 4.69) is 27.0 Å². The Labute approximate surface area is 210 Å². The topological polar surface area (TPSA) is 103 Å². The van der Waals surface area contributed by atoms with Gasteiger partial charge in [0.2, 0.25) is 5.91 Å². The summed E-state index contributed by atoms with van der Waals surface area (Å²) in [6.07, 6.45) is 2.48. The molecule has 0 saturated carbocycles. The van der Waals surface area contributed by atoms with E-state index in [0.29, 0.717) is 19.5 Å². The van der Waals surface area contributed by atoms with Crippen molar-refractivity contribution in [1.82, 2.24) is 15.6 Å². The van der Waals surface area contributed by atoms with Crippen LogP contribution in [0.2, 0.25) is 0 Å². The van der Waals surface area contributed by atoms with Crippen LogP contribution in [0.15, 0.2) is 72.8 Å². The number of nitrogens with one attached hydrogen (secondary N) is 3. The number of aliphatic carboxylic acids is 1. The van der Waals surface area contributed by atoms with E-state index in [1.807, 2.05) is 6.07 Å². The van der Waals surface area contributed by atoms with Gasteiger partial charge < -0.3 is 21.1 Å². The normalized spacial score (nSPS) is 11.4. The second kappa shape index (κ2) is 16.7. The van der Waals surface area contributed by atoms with Crippen LogP contribution in [0.4, 0.5) is 14.6 Å². The molecule has 36 heavy (non-hydrogen) atoms. The van der Waals surface area contributed by atoms with Gasteiger partial charge in [-0.2, -0.15) is 0 Å². The molecule has 0 aliphatic carbocycles. The standard InChI is InChI=1S/C15H22N4O3.2C6H5F/c20-13(17-9-6-14(21)22)5-8-16-10-12-4-3-11-2-1-7-18-15(11)19-12;2*7-6-4-2-1-3-5-6/h3-4,16H,1-2,5-10H2,(H,17,20)(H,18,19)(H,21,22);2*1-5H. The molecule has 0 atom stereocenters. The van der Waals surface area contributed by atoms with Crippen molar-refractivity contribution < 1.29 is 23.5 Å². The van der Waals surface area contributed by atoms with Crippen LogP contribution in [0, 0.1) is 11.6 Å². The number of aromatic nitrogens is 1. The maximum Gasteiger partial charge on any atom is 0.305 e. The summed E-state index contributed by atoms with van der Waals surface area (Å²) in [5.41, 5.74) is 2.20. The smallest absolute Gasteiger partial charge is 0.305 e. The van der Waals surface area contributed by atoms with Crippen LogP contribution in [0.1, 0.15) is 30.5 Å². The van der Waals surface area contributed by atoms with E-state index in [-0.39, 0.29) is 30.5 Å². The number of hydrogen-bond donors (Lipinski definition) is 4. The summed E-state index contributed by atoms with van der Waals surface area (Å²) in [7, 11) is 0. The molecule has 1 aliphatic heterocycles. The molecule has 0 spiro atoms. The fourth-order valence-corrected chi connectivity index (χ4v) is 3.11. The predicted octanol–water partition coefficient (Wildman–Crippen LogP) is 4.16. The van der Waals surface area contributed by atoms with E-state index < -0.39 is 5.97 Å². The van der Waals surface area contributed by atoms with E-state index >= 15 is 0 Å². The van der Waals surface area contributed by atoms with Crippen molar-refractivity contribution in [2.75, 3.05) is 25.0 Å². The molecule has 0 saturated heterocycles. The van der Waals surface area contributed by atoms with Crippen LogP contribution in [-0.4, -0.2) is 41.6 Å². The first-order valence-corrected chi connectivity index (χ1v) is 11.8. The Bertz CT molecular complexity index is 1020. The number of halogens is 2. The van der Waals surface area contributed by atoms with Crippen molar-refractivity contribution in [3.05, 3.63) is 95.7 Å². The zero-order valence-electron chi connectivity index (χ0n) is 20.1. The van der Waals surface area contributed by atoms with Gasteiger partial charge in [-0.1, -0.05) is 42.5 Å². The van der Waals surface area contributed by atoms with Gasteiger partial charge >= 0.3 is 5.97 Å². The molecular weight excluding hydrogens is 466 g/mol. The number of carbonyl (C=O) groups is 2. The van der Waals surface area contributed by atoms with Crippen molar-refractivity contribution >= 4 is 17.7 Å². The van der Waals surface area contributed by atoms with E-state index in [1.54, 1.807) is 36.4 Å². The predicted molar refractivity (Wildman–Crippen MR) is 135 cm³/mol. The number of fused-ring (bicyclic) bond motifs is 1. The molecule has 1 aromatic heterocycles. The molecule has 1 amide bonds. The van der Waals surface area contributed by atoms with Gasteiger partial charge in [-0.15, -0.1) is 0 Å². The van der Waals surface area contributed by atoms with Gasteiger partial charge in [-0.25, -0.2) is 13.8 Å². The molecule has 4 rings (SSSR count).